The van der Waals surface area contributed by atoms with E-state index in [2.05, 4.69) is 5.32 Å². The van der Waals surface area contributed by atoms with Gasteiger partial charge in [-0.05, 0) is 68.4 Å². The number of benzene rings is 1. The Balaban J connectivity index is 1.50. The summed E-state index contributed by atoms with van der Waals surface area (Å²) in [6.45, 7) is 1.89. The number of rotatable bonds is 4. The van der Waals surface area contributed by atoms with Gasteiger partial charge in [0.1, 0.15) is 5.82 Å². The summed E-state index contributed by atoms with van der Waals surface area (Å²) in [6.07, 6.45) is 5.60. The Morgan fingerprint density at radius 3 is 2.57 bits per heavy atom. The van der Waals surface area contributed by atoms with Crippen molar-refractivity contribution in [3.63, 3.8) is 0 Å². The standard InChI is InChI=1S/C18H22FNO/c1-10-2-5-15(16(19)6-10)17(11-3-4-11)20-18(21)14-8-12-7-13(12)9-14/h2,5-6,11-14,17H,3-4,7-9H2,1H3,(H,20,21)/t12-,13+,14?,17-/m1/s1. The zero-order chi connectivity index (χ0) is 14.6. The molecule has 3 fully saturated rings. The third-order valence-electron chi connectivity index (χ3n) is 5.50. The summed E-state index contributed by atoms with van der Waals surface area (Å²) in [4.78, 5) is 12.5. The molecule has 4 rings (SSSR count). The molecule has 0 saturated heterocycles. The number of carbonyl (C=O) groups excluding carboxylic acids is 1. The van der Waals surface area contributed by atoms with E-state index in [1.165, 1.54) is 6.42 Å². The van der Waals surface area contributed by atoms with Crippen molar-refractivity contribution in [2.75, 3.05) is 0 Å². The number of hydrogen-bond acceptors (Lipinski definition) is 1. The maximum atomic E-state index is 14.2. The van der Waals surface area contributed by atoms with Crippen molar-refractivity contribution in [2.24, 2.45) is 23.7 Å². The van der Waals surface area contributed by atoms with Crippen LogP contribution in [-0.4, -0.2) is 5.91 Å². The first-order valence-electron chi connectivity index (χ1n) is 8.18. The van der Waals surface area contributed by atoms with Crippen molar-refractivity contribution in [3.05, 3.63) is 35.1 Å². The van der Waals surface area contributed by atoms with E-state index in [1.807, 2.05) is 19.1 Å². The second kappa shape index (κ2) is 4.82. The highest BCUT2D eigenvalue weighted by molar-refractivity contribution is 5.79. The van der Waals surface area contributed by atoms with Crippen molar-refractivity contribution in [1.82, 2.24) is 5.32 Å². The first kappa shape index (κ1) is 13.3. The summed E-state index contributed by atoms with van der Waals surface area (Å²) in [5.41, 5.74) is 1.59. The Morgan fingerprint density at radius 2 is 1.95 bits per heavy atom. The number of fused-ring (bicyclic) bond motifs is 1. The van der Waals surface area contributed by atoms with Crippen molar-refractivity contribution in [2.45, 2.75) is 45.1 Å². The Labute approximate surface area is 125 Å². The van der Waals surface area contributed by atoms with Gasteiger partial charge >= 0.3 is 0 Å². The molecule has 1 aromatic rings. The molecular weight excluding hydrogens is 265 g/mol. The van der Waals surface area contributed by atoms with Crippen LogP contribution in [0.5, 0.6) is 0 Å². The Bertz CT molecular complexity index is 571. The monoisotopic (exact) mass is 287 g/mol. The zero-order valence-electron chi connectivity index (χ0n) is 12.4. The highest BCUT2D eigenvalue weighted by Gasteiger charge is 2.48. The molecule has 3 aliphatic carbocycles. The lowest BCUT2D eigenvalue weighted by Crippen LogP contribution is -2.35. The van der Waals surface area contributed by atoms with Gasteiger partial charge in [-0.15, -0.1) is 0 Å². The number of amides is 1. The van der Waals surface area contributed by atoms with Crippen molar-refractivity contribution >= 4 is 5.91 Å². The smallest absolute Gasteiger partial charge is 0.223 e. The molecule has 1 unspecified atom stereocenters. The lowest BCUT2D eigenvalue weighted by atomic mass is 9.97. The van der Waals surface area contributed by atoms with Crippen molar-refractivity contribution < 1.29 is 9.18 Å². The van der Waals surface area contributed by atoms with Gasteiger partial charge in [-0.1, -0.05) is 12.1 Å². The molecule has 0 aromatic heterocycles. The fraction of sp³-hybridized carbons (Fsp3) is 0.611. The molecule has 3 saturated carbocycles. The predicted molar refractivity (Wildman–Crippen MR) is 79.1 cm³/mol. The third kappa shape index (κ3) is 2.58. The van der Waals surface area contributed by atoms with Gasteiger partial charge < -0.3 is 5.32 Å². The van der Waals surface area contributed by atoms with Gasteiger partial charge in [0.05, 0.1) is 6.04 Å². The fourth-order valence-corrected chi connectivity index (χ4v) is 3.96. The molecule has 112 valence electrons. The van der Waals surface area contributed by atoms with Crippen LogP contribution in [0, 0.1) is 36.4 Å². The van der Waals surface area contributed by atoms with Crippen LogP contribution in [0.4, 0.5) is 4.39 Å². The molecule has 4 atom stereocenters. The molecule has 1 N–H and O–H groups in total. The molecule has 0 bridgehead atoms. The number of aryl methyl sites for hydroxylation is 1. The Hall–Kier alpha value is -1.38. The van der Waals surface area contributed by atoms with E-state index >= 15 is 0 Å². The first-order valence-corrected chi connectivity index (χ1v) is 8.18. The molecule has 0 spiro atoms. The minimum Gasteiger partial charge on any atom is -0.349 e. The topological polar surface area (TPSA) is 29.1 Å². The van der Waals surface area contributed by atoms with E-state index in [1.54, 1.807) is 6.07 Å². The number of halogens is 1. The van der Waals surface area contributed by atoms with E-state index in [9.17, 15) is 9.18 Å². The number of hydrogen-bond donors (Lipinski definition) is 1. The second-order valence-corrected chi connectivity index (χ2v) is 7.27. The summed E-state index contributed by atoms with van der Waals surface area (Å²) >= 11 is 0. The SMILES string of the molecule is Cc1ccc([C@H](NC(=O)C2C[C@@H]3C[C@@H]3C2)C2CC2)c(F)c1. The zero-order valence-corrected chi connectivity index (χ0v) is 12.4. The first-order chi connectivity index (χ1) is 10.1. The highest BCUT2D eigenvalue weighted by Crippen LogP contribution is 2.54. The minimum absolute atomic E-state index is 0.130. The summed E-state index contributed by atoms with van der Waals surface area (Å²) in [7, 11) is 0. The average Bonchev–Trinajstić information content (AvgIpc) is 3.36. The Kier molecular flexibility index (Phi) is 3.05. The third-order valence-corrected chi connectivity index (χ3v) is 5.50. The summed E-state index contributed by atoms with van der Waals surface area (Å²) in [5.74, 6) is 2.17. The van der Waals surface area contributed by atoms with Gasteiger partial charge in [-0.3, -0.25) is 4.79 Å². The van der Waals surface area contributed by atoms with E-state index in [4.69, 9.17) is 0 Å². The molecule has 1 amide bonds. The van der Waals surface area contributed by atoms with Gasteiger partial charge in [0.25, 0.3) is 0 Å². The highest BCUT2D eigenvalue weighted by atomic mass is 19.1. The van der Waals surface area contributed by atoms with E-state index in [0.29, 0.717) is 11.5 Å². The van der Waals surface area contributed by atoms with Gasteiger partial charge in [0, 0.05) is 11.5 Å². The van der Waals surface area contributed by atoms with Gasteiger partial charge in [0.2, 0.25) is 5.91 Å². The molecular formula is C18H22FNO. The Morgan fingerprint density at radius 1 is 1.24 bits per heavy atom. The summed E-state index contributed by atoms with van der Waals surface area (Å²) in [5, 5.41) is 3.16. The molecule has 0 radical (unpaired) electrons. The van der Waals surface area contributed by atoms with Gasteiger partial charge in [-0.25, -0.2) is 4.39 Å². The molecule has 0 heterocycles. The van der Waals surface area contributed by atoms with E-state index in [-0.39, 0.29) is 23.7 Å². The second-order valence-electron chi connectivity index (χ2n) is 7.27. The normalized spacial score (nSPS) is 31.6. The average molecular weight is 287 g/mol. The lowest BCUT2D eigenvalue weighted by Gasteiger charge is -2.22. The van der Waals surface area contributed by atoms with Gasteiger partial charge in [-0.2, -0.15) is 0 Å². The molecule has 1 aromatic carbocycles. The predicted octanol–water partition coefficient (Wildman–Crippen LogP) is 3.75. The molecule has 2 nitrogen and oxygen atoms in total. The van der Waals surface area contributed by atoms with Crippen molar-refractivity contribution in [1.29, 1.82) is 0 Å². The van der Waals surface area contributed by atoms with Crippen LogP contribution in [0.15, 0.2) is 18.2 Å². The maximum Gasteiger partial charge on any atom is 0.223 e. The van der Waals surface area contributed by atoms with Crippen LogP contribution in [0.1, 0.15) is 49.3 Å². The van der Waals surface area contributed by atoms with Crippen LogP contribution >= 0.6 is 0 Å². The summed E-state index contributed by atoms with van der Waals surface area (Å²) in [6, 6.07) is 5.22. The quantitative estimate of drug-likeness (QED) is 0.898. The van der Waals surface area contributed by atoms with E-state index in [0.717, 1.165) is 43.1 Å². The van der Waals surface area contributed by atoms with E-state index < -0.39 is 0 Å². The van der Waals surface area contributed by atoms with Crippen LogP contribution in [0.3, 0.4) is 0 Å². The fourth-order valence-electron chi connectivity index (χ4n) is 3.96. The van der Waals surface area contributed by atoms with Crippen LogP contribution in [0.25, 0.3) is 0 Å². The minimum atomic E-state index is -0.179. The van der Waals surface area contributed by atoms with Crippen molar-refractivity contribution in [3.8, 4) is 0 Å². The lowest BCUT2D eigenvalue weighted by molar-refractivity contribution is -0.126. The number of carbonyl (C=O) groups is 1. The molecule has 0 aliphatic heterocycles. The van der Waals surface area contributed by atoms with Crippen LogP contribution in [-0.2, 0) is 4.79 Å². The van der Waals surface area contributed by atoms with Crippen LogP contribution in [0.2, 0.25) is 0 Å². The number of nitrogens with one attached hydrogen (secondary N) is 1. The molecule has 3 heteroatoms. The summed E-state index contributed by atoms with van der Waals surface area (Å²) < 4.78 is 14.2. The van der Waals surface area contributed by atoms with Gasteiger partial charge in [0.15, 0.2) is 0 Å². The van der Waals surface area contributed by atoms with Crippen LogP contribution < -0.4 is 5.32 Å². The molecule has 21 heavy (non-hydrogen) atoms. The maximum absolute atomic E-state index is 14.2. The largest absolute Gasteiger partial charge is 0.349 e. The molecule has 3 aliphatic rings.